The van der Waals surface area contributed by atoms with Gasteiger partial charge in [-0.05, 0) is 44.1 Å². The highest BCUT2D eigenvalue weighted by Gasteiger charge is 2.34. The van der Waals surface area contributed by atoms with Crippen molar-refractivity contribution in [3.05, 3.63) is 35.9 Å². The minimum absolute atomic E-state index is 0.0133. The number of hydrogen-bond acceptors (Lipinski definition) is 2. The Kier molecular flexibility index (Phi) is 6.11. The van der Waals surface area contributed by atoms with Crippen LogP contribution in [0.4, 0.5) is 0 Å². The van der Waals surface area contributed by atoms with E-state index >= 15 is 0 Å². The van der Waals surface area contributed by atoms with Gasteiger partial charge in [0, 0.05) is 32.1 Å². The molecule has 0 saturated carbocycles. The van der Waals surface area contributed by atoms with Crippen molar-refractivity contribution < 1.29 is 9.59 Å². The topological polar surface area (TPSA) is 40.6 Å². The number of rotatable bonds is 4. The number of hydrogen-bond donors (Lipinski definition) is 0. The summed E-state index contributed by atoms with van der Waals surface area (Å²) in [5.74, 6) is 0.437. The molecule has 2 aliphatic rings. The van der Waals surface area contributed by atoms with Gasteiger partial charge in [-0.3, -0.25) is 9.59 Å². The maximum Gasteiger partial charge on any atom is 0.227 e. The average molecular weight is 342 g/mol. The Balaban J connectivity index is 1.67. The van der Waals surface area contributed by atoms with Crippen molar-refractivity contribution in [3.8, 4) is 0 Å². The molecule has 2 amide bonds. The van der Waals surface area contributed by atoms with Crippen molar-refractivity contribution in [2.24, 2.45) is 5.92 Å². The molecule has 1 aromatic rings. The number of carbonyl (C=O) groups excluding carboxylic acids is 2. The largest absolute Gasteiger partial charge is 0.342 e. The van der Waals surface area contributed by atoms with Crippen LogP contribution in [0.25, 0.3) is 0 Å². The van der Waals surface area contributed by atoms with E-state index in [1.165, 1.54) is 12.0 Å². The number of piperidine rings is 2. The lowest BCUT2D eigenvalue weighted by atomic mass is 9.91. The summed E-state index contributed by atoms with van der Waals surface area (Å²) >= 11 is 0. The highest BCUT2D eigenvalue weighted by molar-refractivity contribution is 5.81. The fourth-order valence-corrected chi connectivity index (χ4v) is 4.25. The van der Waals surface area contributed by atoms with Crippen LogP contribution in [-0.4, -0.2) is 47.3 Å². The van der Waals surface area contributed by atoms with Gasteiger partial charge in [0.2, 0.25) is 11.8 Å². The van der Waals surface area contributed by atoms with Crippen molar-refractivity contribution in [2.45, 2.75) is 57.9 Å². The van der Waals surface area contributed by atoms with Gasteiger partial charge in [0.25, 0.3) is 0 Å². The first-order valence-corrected chi connectivity index (χ1v) is 9.81. The zero-order chi connectivity index (χ0) is 17.6. The van der Waals surface area contributed by atoms with E-state index in [0.717, 1.165) is 45.2 Å². The maximum absolute atomic E-state index is 13.2. The quantitative estimate of drug-likeness (QED) is 0.843. The summed E-state index contributed by atoms with van der Waals surface area (Å²) in [6.07, 6.45) is 6.72. The number of likely N-dealkylation sites (tertiary alicyclic amines) is 2. The second kappa shape index (κ2) is 8.50. The van der Waals surface area contributed by atoms with Crippen molar-refractivity contribution >= 4 is 11.8 Å². The smallest absolute Gasteiger partial charge is 0.227 e. The SMILES string of the molecule is CCC(=O)N1CCC[C@H](C(=O)N2CCCC[C@@H]2Cc2ccccc2)C1. The highest BCUT2D eigenvalue weighted by Crippen LogP contribution is 2.26. The third kappa shape index (κ3) is 4.42. The van der Waals surface area contributed by atoms with E-state index in [1.54, 1.807) is 0 Å². The Hall–Kier alpha value is -1.84. The molecule has 2 fully saturated rings. The van der Waals surface area contributed by atoms with Crippen LogP contribution in [0.1, 0.15) is 51.0 Å². The number of benzene rings is 1. The third-order valence-corrected chi connectivity index (χ3v) is 5.65. The van der Waals surface area contributed by atoms with Gasteiger partial charge < -0.3 is 9.80 Å². The van der Waals surface area contributed by atoms with Crippen LogP contribution in [-0.2, 0) is 16.0 Å². The van der Waals surface area contributed by atoms with Gasteiger partial charge in [0.05, 0.1) is 5.92 Å². The highest BCUT2D eigenvalue weighted by atomic mass is 16.2. The fraction of sp³-hybridized carbons (Fsp3) is 0.619. The van der Waals surface area contributed by atoms with E-state index < -0.39 is 0 Å². The summed E-state index contributed by atoms with van der Waals surface area (Å²) in [5.41, 5.74) is 1.30. The molecular formula is C21H30N2O2. The molecule has 2 atom stereocenters. The van der Waals surface area contributed by atoms with E-state index in [1.807, 2.05) is 17.9 Å². The zero-order valence-corrected chi connectivity index (χ0v) is 15.3. The van der Waals surface area contributed by atoms with Crippen LogP contribution in [0.2, 0.25) is 0 Å². The Labute approximate surface area is 151 Å². The molecule has 0 aliphatic carbocycles. The number of amides is 2. The van der Waals surface area contributed by atoms with Crippen LogP contribution >= 0.6 is 0 Å². The van der Waals surface area contributed by atoms with Gasteiger partial charge in [0.15, 0.2) is 0 Å². The standard InChI is InChI=1S/C21H30N2O2/c1-2-20(24)22-13-8-11-18(16-22)21(25)23-14-7-6-12-19(23)15-17-9-4-3-5-10-17/h3-5,9-10,18-19H,2,6-8,11-16H2,1H3/t18-,19+/m0/s1. The van der Waals surface area contributed by atoms with Crippen molar-refractivity contribution in [2.75, 3.05) is 19.6 Å². The van der Waals surface area contributed by atoms with Gasteiger partial charge in [-0.15, -0.1) is 0 Å². The van der Waals surface area contributed by atoms with E-state index in [2.05, 4.69) is 29.2 Å². The Morgan fingerprint density at radius 1 is 1.04 bits per heavy atom. The van der Waals surface area contributed by atoms with Crippen molar-refractivity contribution in [1.82, 2.24) is 9.80 Å². The summed E-state index contributed by atoms with van der Waals surface area (Å²) in [6.45, 7) is 4.19. The second-order valence-corrected chi connectivity index (χ2v) is 7.40. The molecule has 136 valence electrons. The molecule has 0 aromatic heterocycles. The van der Waals surface area contributed by atoms with Gasteiger partial charge >= 0.3 is 0 Å². The van der Waals surface area contributed by atoms with Crippen LogP contribution in [0.3, 0.4) is 0 Å². The molecule has 0 unspecified atom stereocenters. The number of carbonyl (C=O) groups is 2. The number of nitrogens with zero attached hydrogens (tertiary/aromatic N) is 2. The summed E-state index contributed by atoms with van der Waals surface area (Å²) in [5, 5.41) is 0. The molecule has 4 nitrogen and oxygen atoms in total. The van der Waals surface area contributed by atoms with Gasteiger partial charge in [-0.1, -0.05) is 37.3 Å². The molecule has 2 aliphatic heterocycles. The molecule has 1 aromatic carbocycles. The molecule has 0 N–H and O–H groups in total. The summed E-state index contributed by atoms with van der Waals surface area (Å²) in [6, 6.07) is 10.8. The van der Waals surface area contributed by atoms with Gasteiger partial charge in [-0.2, -0.15) is 0 Å². The predicted octanol–water partition coefficient (Wildman–Crippen LogP) is 3.26. The molecular weight excluding hydrogens is 312 g/mol. The van der Waals surface area contributed by atoms with Crippen LogP contribution in [0.15, 0.2) is 30.3 Å². The van der Waals surface area contributed by atoms with E-state index in [-0.39, 0.29) is 17.7 Å². The second-order valence-electron chi connectivity index (χ2n) is 7.40. The molecule has 25 heavy (non-hydrogen) atoms. The zero-order valence-electron chi connectivity index (χ0n) is 15.3. The molecule has 2 saturated heterocycles. The minimum atomic E-state index is -0.0133. The minimum Gasteiger partial charge on any atom is -0.342 e. The normalized spacial score (nSPS) is 24.2. The van der Waals surface area contributed by atoms with Crippen molar-refractivity contribution in [3.63, 3.8) is 0 Å². The van der Waals surface area contributed by atoms with E-state index in [0.29, 0.717) is 19.0 Å². The third-order valence-electron chi connectivity index (χ3n) is 5.65. The molecule has 2 heterocycles. The Morgan fingerprint density at radius 3 is 2.60 bits per heavy atom. The summed E-state index contributed by atoms with van der Waals surface area (Å²) in [7, 11) is 0. The molecule has 4 heteroatoms. The molecule has 0 bridgehead atoms. The monoisotopic (exact) mass is 342 g/mol. The molecule has 0 radical (unpaired) electrons. The lowest BCUT2D eigenvalue weighted by Gasteiger charge is -2.40. The van der Waals surface area contributed by atoms with E-state index in [9.17, 15) is 9.59 Å². The Bertz CT molecular complexity index is 587. The lowest BCUT2D eigenvalue weighted by molar-refractivity contribution is -0.143. The van der Waals surface area contributed by atoms with Crippen LogP contribution in [0, 0.1) is 5.92 Å². The molecule has 0 spiro atoms. The summed E-state index contributed by atoms with van der Waals surface area (Å²) < 4.78 is 0. The maximum atomic E-state index is 13.2. The van der Waals surface area contributed by atoms with Gasteiger partial charge in [-0.25, -0.2) is 0 Å². The van der Waals surface area contributed by atoms with Gasteiger partial charge in [0.1, 0.15) is 0 Å². The van der Waals surface area contributed by atoms with Crippen LogP contribution in [0.5, 0.6) is 0 Å². The average Bonchev–Trinajstić information content (AvgIpc) is 2.68. The first kappa shape index (κ1) is 18.0. The Morgan fingerprint density at radius 2 is 1.84 bits per heavy atom. The lowest BCUT2D eigenvalue weighted by Crippen LogP contribution is -2.51. The summed E-state index contributed by atoms with van der Waals surface area (Å²) in [4.78, 5) is 29.2. The molecule has 3 rings (SSSR count). The van der Waals surface area contributed by atoms with Crippen molar-refractivity contribution in [1.29, 1.82) is 0 Å². The fourth-order valence-electron chi connectivity index (χ4n) is 4.25. The van der Waals surface area contributed by atoms with E-state index in [4.69, 9.17) is 0 Å². The first-order chi connectivity index (χ1) is 12.2. The van der Waals surface area contributed by atoms with Crippen LogP contribution < -0.4 is 0 Å². The first-order valence-electron chi connectivity index (χ1n) is 9.81. The predicted molar refractivity (Wildman–Crippen MR) is 99.1 cm³/mol.